The minimum Gasteiger partial charge on any atom is -0.481 e. The number of aliphatic carboxylic acids is 1. The second-order valence-corrected chi connectivity index (χ2v) is 5.75. The van der Waals surface area contributed by atoms with Gasteiger partial charge in [0.15, 0.2) is 0 Å². The van der Waals surface area contributed by atoms with Crippen molar-refractivity contribution in [1.29, 1.82) is 0 Å². The lowest BCUT2D eigenvalue weighted by Crippen LogP contribution is -2.29. The minimum absolute atomic E-state index is 0.164. The van der Waals surface area contributed by atoms with Crippen LogP contribution in [0.15, 0.2) is 22.7 Å². The fourth-order valence-electron chi connectivity index (χ4n) is 2.64. The molecule has 1 fully saturated rings. The average Bonchev–Trinajstić information content (AvgIpc) is 2.31. The predicted molar refractivity (Wildman–Crippen MR) is 71.6 cm³/mol. The second kappa shape index (κ2) is 5.22. The minimum atomic E-state index is -0.799. The van der Waals surface area contributed by atoms with Crippen molar-refractivity contribution in [3.8, 4) is 0 Å². The molecule has 0 aromatic heterocycles. The molecule has 2 atom stereocenters. The average molecular weight is 311 g/mol. The molecule has 1 saturated carbocycles. The van der Waals surface area contributed by atoms with Crippen LogP contribution >= 0.6 is 15.9 Å². The van der Waals surface area contributed by atoms with Crippen LogP contribution in [0.1, 0.15) is 36.3 Å². The number of hydrogen-bond acceptors (Lipinski definition) is 2. The van der Waals surface area contributed by atoms with Gasteiger partial charge in [-0.3, -0.25) is 9.59 Å². The fraction of sp³-hybridized carbons (Fsp3) is 0.429. The lowest BCUT2D eigenvalue weighted by atomic mass is 9.74. The number of carbonyl (C=O) groups is 2. The van der Waals surface area contributed by atoms with E-state index >= 15 is 0 Å². The normalized spacial score (nSPS) is 24.0. The molecule has 4 heteroatoms. The van der Waals surface area contributed by atoms with Crippen molar-refractivity contribution in [2.45, 2.75) is 32.1 Å². The third kappa shape index (κ3) is 2.64. The first-order chi connectivity index (χ1) is 8.49. The van der Waals surface area contributed by atoms with Crippen molar-refractivity contribution in [2.24, 2.45) is 5.92 Å². The van der Waals surface area contributed by atoms with Gasteiger partial charge in [0.05, 0.1) is 5.92 Å². The highest BCUT2D eigenvalue weighted by atomic mass is 79.9. The van der Waals surface area contributed by atoms with E-state index in [0.717, 1.165) is 15.6 Å². The van der Waals surface area contributed by atoms with Crippen molar-refractivity contribution in [1.82, 2.24) is 0 Å². The van der Waals surface area contributed by atoms with E-state index in [1.807, 2.05) is 25.1 Å². The topological polar surface area (TPSA) is 54.4 Å². The first-order valence-electron chi connectivity index (χ1n) is 5.99. The zero-order valence-electron chi connectivity index (χ0n) is 10.1. The Bertz CT molecular complexity index is 496. The molecule has 0 spiro atoms. The van der Waals surface area contributed by atoms with E-state index in [9.17, 15) is 14.7 Å². The molecule has 1 aromatic carbocycles. The highest BCUT2D eigenvalue weighted by Gasteiger charge is 2.35. The van der Waals surface area contributed by atoms with E-state index < -0.39 is 11.9 Å². The first-order valence-corrected chi connectivity index (χ1v) is 6.79. The summed E-state index contributed by atoms with van der Waals surface area (Å²) < 4.78 is 0.922. The van der Waals surface area contributed by atoms with Crippen LogP contribution in [-0.4, -0.2) is 16.9 Å². The number of rotatable bonds is 2. The number of carboxylic acid groups (broad SMARTS) is 1. The molecule has 0 radical (unpaired) electrons. The Labute approximate surface area is 114 Å². The molecule has 0 bridgehead atoms. The number of carbonyl (C=O) groups excluding carboxylic acids is 1. The molecule has 2 rings (SSSR count). The zero-order chi connectivity index (χ0) is 13.3. The number of hydrogen-bond donors (Lipinski definition) is 1. The van der Waals surface area contributed by atoms with Gasteiger partial charge in [-0.05, 0) is 36.6 Å². The lowest BCUT2D eigenvalue weighted by Gasteiger charge is -2.29. The molecule has 1 aromatic rings. The summed E-state index contributed by atoms with van der Waals surface area (Å²) in [5.74, 6) is -1.28. The van der Waals surface area contributed by atoms with Crippen LogP contribution in [-0.2, 0) is 9.59 Å². The third-order valence-electron chi connectivity index (χ3n) is 3.63. The highest BCUT2D eigenvalue weighted by Crippen LogP contribution is 2.38. The zero-order valence-corrected chi connectivity index (χ0v) is 11.7. The molecule has 0 amide bonds. The standard InChI is InChI=1S/C14H15BrO3/c1-8-2-3-9(15)6-12(8)13-7-10(16)4-5-11(13)14(17)18/h2-3,6,11,13H,4-5,7H2,1H3,(H,17,18). The molecular formula is C14H15BrO3. The van der Waals surface area contributed by atoms with Crippen molar-refractivity contribution in [2.75, 3.05) is 0 Å². The van der Waals surface area contributed by atoms with Gasteiger partial charge in [-0.1, -0.05) is 22.0 Å². The van der Waals surface area contributed by atoms with Crippen molar-refractivity contribution in [3.63, 3.8) is 0 Å². The Morgan fingerprint density at radius 1 is 1.44 bits per heavy atom. The maximum absolute atomic E-state index is 11.6. The Balaban J connectivity index is 2.40. The number of Topliss-reactive ketones (excluding diaryl/α,β-unsaturated/α-hetero) is 1. The van der Waals surface area contributed by atoms with Gasteiger partial charge in [0, 0.05) is 23.2 Å². The third-order valence-corrected chi connectivity index (χ3v) is 4.12. The number of carboxylic acids is 1. The van der Waals surface area contributed by atoms with E-state index in [1.54, 1.807) is 0 Å². The fourth-order valence-corrected chi connectivity index (χ4v) is 3.02. The molecule has 0 heterocycles. The van der Waals surface area contributed by atoms with Crippen molar-refractivity contribution in [3.05, 3.63) is 33.8 Å². The SMILES string of the molecule is Cc1ccc(Br)cc1C1CC(=O)CCC1C(=O)O. The Morgan fingerprint density at radius 3 is 2.83 bits per heavy atom. The van der Waals surface area contributed by atoms with Crippen molar-refractivity contribution < 1.29 is 14.7 Å². The van der Waals surface area contributed by atoms with Gasteiger partial charge in [-0.25, -0.2) is 0 Å². The predicted octanol–water partition coefficient (Wildman–Crippen LogP) is 3.29. The molecule has 1 N–H and O–H groups in total. The summed E-state index contributed by atoms with van der Waals surface area (Å²) in [6.07, 6.45) is 1.18. The van der Waals surface area contributed by atoms with Gasteiger partial charge in [0.25, 0.3) is 0 Å². The quantitative estimate of drug-likeness (QED) is 0.912. The molecule has 0 aliphatic heterocycles. The van der Waals surface area contributed by atoms with E-state index in [2.05, 4.69) is 15.9 Å². The maximum atomic E-state index is 11.6. The van der Waals surface area contributed by atoms with Gasteiger partial charge in [-0.2, -0.15) is 0 Å². The van der Waals surface area contributed by atoms with E-state index in [4.69, 9.17) is 0 Å². The molecular weight excluding hydrogens is 296 g/mol. The van der Waals surface area contributed by atoms with Crippen LogP contribution in [0, 0.1) is 12.8 Å². The summed E-state index contributed by atoms with van der Waals surface area (Å²) in [7, 11) is 0. The van der Waals surface area contributed by atoms with E-state index in [0.29, 0.717) is 19.3 Å². The monoisotopic (exact) mass is 310 g/mol. The first kappa shape index (κ1) is 13.3. The van der Waals surface area contributed by atoms with Crippen LogP contribution in [0.3, 0.4) is 0 Å². The smallest absolute Gasteiger partial charge is 0.307 e. The highest BCUT2D eigenvalue weighted by molar-refractivity contribution is 9.10. The largest absolute Gasteiger partial charge is 0.481 e. The summed E-state index contributed by atoms with van der Waals surface area (Å²) >= 11 is 3.40. The molecule has 0 saturated heterocycles. The molecule has 18 heavy (non-hydrogen) atoms. The van der Waals surface area contributed by atoms with Crippen molar-refractivity contribution >= 4 is 27.7 Å². The summed E-state index contributed by atoms with van der Waals surface area (Å²) in [4.78, 5) is 22.9. The number of ketones is 1. The van der Waals surface area contributed by atoms with Gasteiger partial charge in [0.2, 0.25) is 0 Å². The molecule has 1 aliphatic carbocycles. The van der Waals surface area contributed by atoms with Gasteiger partial charge >= 0.3 is 5.97 Å². The molecule has 2 unspecified atom stereocenters. The maximum Gasteiger partial charge on any atom is 0.307 e. The summed E-state index contributed by atoms with van der Waals surface area (Å²) in [6, 6.07) is 5.82. The van der Waals surface area contributed by atoms with Crippen LogP contribution in [0.2, 0.25) is 0 Å². The number of halogens is 1. The van der Waals surface area contributed by atoms with Gasteiger partial charge in [0.1, 0.15) is 5.78 Å². The Kier molecular flexibility index (Phi) is 3.85. The van der Waals surface area contributed by atoms with E-state index in [1.165, 1.54) is 0 Å². The van der Waals surface area contributed by atoms with Crippen LogP contribution in [0.4, 0.5) is 0 Å². The molecule has 3 nitrogen and oxygen atoms in total. The second-order valence-electron chi connectivity index (χ2n) is 4.83. The summed E-state index contributed by atoms with van der Waals surface area (Å²) in [5.41, 5.74) is 2.02. The van der Waals surface area contributed by atoms with Crippen LogP contribution in [0.25, 0.3) is 0 Å². The van der Waals surface area contributed by atoms with Crippen LogP contribution in [0.5, 0.6) is 0 Å². The summed E-state index contributed by atoms with van der Waals surface area (Å²) in [5, 5.41) is 9.29. The Hall–Kier alpha value is -1.16. The van der Waals surface area contributed by atoms with Gasteiger partial charge in [-0.15, -0.1) is 0 Å². The van der Waals surface area contributed by atoms with Crippen LogP contribution < -0.4 is 0 Å². The number of aryl methyl sites for hydroxylation is 1. The molecule has 1 aliphatic rings. The van der Waals surface area contributed by atoms with E-state index in [-0.39, 0.29) is 11.7 Å². The lowest BCUT2D eigenvalue weighted by molar-refractivity contribution is -0.144. The van der Waals surface area contributed by atoms with Gasteiger partial charge < -0.3 is 5.11 Å². The Morgan fingerprint density at radius 2 is 2.17 bits per heavy atom. The molecule has 96 valence electrons. The number of benzene rings is 1. The summed E-state index contributed by atoms with van der Waals surface area (Å²) in [6.45, 7) is 1.96.